The molecule has 0 aliphatic carbocycles. The summed E-state index contributed by atoms with van der Waals surface area (Å²) in [5.74, 6) is 1.33. The molecule has 0 spiro atoms. The third-order valence-corrected chi connectivity index (χ3v) is 3.66. The lowest BCUT2D eigenvalue weighted by atomic mass is 10.1. The molecule has 1 saturated heterocycles. The van der Waals surface area contributed by atoms with E-state index in [0.717, 1.165) is 6.42 Å². The third-order valence-electron chi connectivity index (χ3n) is 3.66. The van der Waals surface area contributed by atoms with Gasteiger partial charge in [0.05, 0.1) is 18.8 Å². The van der Waals surface area contributed by atoms with E-state index in [2.05, 4.69) is 0 Å². The molecule has 4 nitrogen and oxygen atoms in total. The summed E-state index contributed by atoms with van der Waals surface area (Å²) in [4.78, 5) is 12.5. The minimum atomic E-state index is -0.269. The zero-order valence-corrected chi connectivity index (χ0v) is 12.9. The number of carbonyl (C=O) groups excluding carboxylic acids is 1. The normalized spacial score (nSPS) is 15.3. The second-order valence-electron chi connectivity index (χ2n) is 5.40. The first-order valence-corrected chi connectivity index (χ1v) is 7.91. The van der Waals surface area contributed by atoms with Crippen LogP contribution in [0.1, 0.15) is 29.6 Å². The Labute approximate surface area is 136 Å². The minimum Gasteiger partial charge on any atom is -0.457 e. The fraction of sp³-hybridized carbons (Fsp3) is 0.316. The number of hydrogen-bond donors (Lipinski definition) is 0. The summed E-state index contributed by atoms with van der Waals surface area (Å²) in [6.45, 7) is 1.40. The Bertz CT molecular complexity index is 633. The van der Waals surface area contributed by atoms with Crippen molar-refractivity contribution in [2.24, 2.45) is 0 Å². The van der Waals surface area contributed by atoms with Crippen LogP contribution in [0.5, 0.6) is 11.5 Å². The molecule has 2 aromatic rings. The Morgan fingerprint density at radius 1 is 1.00 bits per heavy atom. The quantitative estimate of drug-likeness (QED) is 0.750. The van der Waals surface area contributed by atoms with Crippen molar-refractivity contribution in [3.63, 3.8) is 0 Å². The van der Waals surface area contributed by atoms with E-state index in [1.54, 1.807) is 6.07 Å². The summed E-state index contributed by atoms with van der Waals surface area (Å²) in [5, 5.41) is 0. The molecule has 1 heterocycles. The highest BCUT2D eigenvalue weighted by Gasteiger charge is 2.18. The predicted octanol–water partition coefficient (Wildman–Crippen LogP) is 4.20. The SMILES string of the molecule is O=C(CCC1OCCCO1)c1ccccc1Oc1ccccc1. The summed E-state index contributed by atoms with van der Waals surface area (Å²) < 4.78 is 16.8. The molecule has 0 atom stereocenters. The lowest BCUT2D eigenvalue weighted by Gasteiger charge is -2.22. The first-order chi connectivity index (χ1) is 11.3. The monoisotopic (exact) mass is 312 g/mol. The summed E-state index contributed by atoms with van der Waals surface area (Å²) in [5.41, 5.74) is 0.590. The van der Waals surface area contributed by atoms with Crippen molar-refractivity contribution < 1.29 is 19.0 Å². The van der Waals surface area contributed by atoms with Gasteiger partial charge in [-0.2, -0.15) is 0 Å². The van der Waals surface area contributed by atoms with Crippen molar-refractivity contribution >= 4 is 5.78 Å². The highest BCUT2D eigenvalue weighted by Crippen LogP contribution is 2.26. The first kappa shape index (κ1) is 15.7. The molecule has 0 bridgehead atoms. The number of para-hydroxylation sites is 2. The maximum absolute atomic E-state index is 12.5. The van der Waals surface area contributed by atoms with E-state index in [1.807, 2.05) is 48.5 Å². The van der Waals surface area contributed by atoms with Gasteiger partial charge in [0, 0.05) is 12.8 Å². The lowest BCUT2D eigenvalue weighted by Crippen LogP contribution is -2.25. The molecule has 0 amide bonds. The van der Waals surface area contributed by atoms with E-state index >= 15 is 0 Å². The van der Waals surface area contributed by atoms with E-state index in [0.29, 0.717) is 43.1 Å². The Morgan fingerprint density at radius 2 is 1.70 bits per heavy atom. The summed E-state index contributed by atoms with van der Waals surface area (Å²) >= 11 is 0. The van der Waals surface area contributed by atoms with Gasteiger partial charge >= 0.3 is 0 Å². The molecule has 23 heavy (non-hydrogen) atoms. The largest absolute Gasteiger partial charge is 0.457 e. The van der Waals surface area contributed by atoms with Gasteiger partial charge in [-0.25, -0.2) is 0 Å². The molecule has 1 aliphatic rings. The maximum atomic E-state index is 12.5. The smallest absolute Gasteiger partial charge is 0.166 e. The van der Waals surface area contributed by atoms with Crippen molar-refractivity contribution in [2.45, 2.75) is 25.6 Å². The van der Waals surface area contributed by atoms with Crippen LogP contribution in [0.2, 0.25) is 0 Å². The molecule has 0 saturated carbocycles. The van der Waals surface area contributed by atoms with Gasteiger partial charge in [-0.15, -0.1) is 0 Å². The molecule has 0 aromatic heterocycles. The van der Waals surface area contributed by atoms with E-state index < -0.39 is 0 Å². The molecular formula is C19H20O4. The topological polar surface area (TPSA) is 44.8 Å². The number of ether oxygens (including phenoxy) is 3. The van der Waals surface area contributed by atoms with Crippen LogP contribution in [0, 0.1) is 0 Å². The Balaban J connectivity index is 1.65. The molecule has 2 aromatic carbocycles. The third kappa shape index (κ3) is 4.41. The van der Waals surface area contributed by atoms with Crippen LogP contribution in [0.25, 0.3) is 0 Å². The Morgan fingerprint density at radius 3 is 2.48 bits per heavy atom. The average molecular weight is 312 g/mol. The van der Waals surface area contributed by atoms with Gasteiger partial charge in [0.2, 0.25) is 0 Å². The van der Waals surface area contributed by atoms with Gasteiger partial charge in [0.25, 0.3) is 0 Å². The minimum absolute atomic E-state index is 0.0364. The molecule has 0 N–H and O–H groups in total. The molecule has 0 unspecified atom stereocenters. The van der Waals surface area contributed by atoms with E-state index in [1.165, 1.54) is 0 Å². The lowest BCUT2D eigenvalue weighted by molar-refractivity contribution is -0.180. The van der Waals surface area contributed by atoms with Crippen molar-refractivity contribution in [2.75, 3.05) is 13.2 Å². The molecule has 1 aliphatic heterocycles. The highest BCUT2D eigenvalue weighted by atomic mass is 16.7. The summed E-state index contributed by atoms with van der Waals surface area (Å²) in [7, 11) is 0. The average Bonchev–Trinajstić information content (AvgIpc) is 2.62. The molecule has 0 radical (unpaired) electrons. The summed E-state index contributed by atoms with van der Waals surface area (Å²) in [6.07, 6.45) is 1.59. The molecule has 4 heteroatoms. The van der Waals surface area contributed by atoms with Crippen LogP contribution in [0.4, 0.5) is 0 Å². The van der Waals surface area contributed by atoms with Crippen molar-refractivity contribution in [3.05, 3.63) is 60.2 Å². The van der Waals surface area contributed by atoms with Crippen LogP contribution in [-0.2, 0) is 9.47 Å². The van der Waals surface area contributed by atoms with Gasteiger partial charge < -0.3 is 14.2 Å². The van der Waals surface area contributed by atoms with Crippen LogP contribution in [0.15, 0.2) is 54.6 Å². The second kappa shape index (κ2) is 7.90. The molecule has 120 valence electrons. The molecular weight excluding hydrogens is 292 g/mol. The number of hydrogen-bond acceptors (Lipinski definition) is 4. The zero-order valence-electron chi connectivity index (χ0n) is 12.9. The highest BCUT2D eigenvalue weighted by molar-refractivity contribution is 5.98. The van der Waals surface area contributed by atoms with Crippen LogP contribution in [0.3, 0.4) is 0 Å². The number of benzene rings is 2. The van der Waals surface area contributed by atoms with Crippen LogP contribution in [-0.4, -0.2) is 25.3 Å². The van der Waals surface area contributed by atoms with Crippen molar-refractivity contribution in [1.82, 2.24) is 0 Å². The number of Topliss-reactive ketones (excluding diaryl/α,β-unsaturated/α-hetero) is 1. The summed E-state index contributed by atoms with van der Waals surface area (Å²) in [6, 6.07) is 16.8. The number of carbonyl (C=O) groups is 1. The van der Waals surface area contributed by atoms with E-state index in [4.69, 9.17) is 14.2 Å². The predicted molar refractivity (Wildman–Crippen MR) is 86.8 cm³/mol. The zero-order chi connectivity index (χ0) is 15.9. The maximum Gasteiger partial charge on any atom is 0.166 e. The molecule has 3 rings (SSSR count). The first-order valence-electron chi connectivity index (χ1n) is 7.91. The van der Waals surface area contributed by atoms with Gasteiger partial charge in [0.15, 0.2) is 12.1 Å². The van der Waals surface area contributed by atoms with Gasteiger partial charge in [-0.1, -0.05) is 30.3 Å². The Kier molecular flexibility index (Phi) is 5.40. The standard InChI is InChI=1S/C19H20O4/c20-17(11-12-19-21-13-6-14-22-19)16-9-4-5-10-18(16)23-15-7-2-1-3-8-15/h1-5,7-10,19H,6,11-14H2. The van der Waals surface area contributed by atoms with Gasteiger partial charge in [-0.05, 0) is 30.7 Å². The fourth-order valence-electron chi connectivity index (χ4n) is 2.49. The number of rotatable bonds is 6. The van der Waals surface area contributed by atoms with Gasteiger partial charge in [-0.3, -0.25) is 4.79 Å². The van der Waals surface area contributed by atoms with Gasteiger partial charge in [0.1, 0.15) is 11.5 Å². The van der Waals surface area contributed by atoms with Crippen molar-refractivity contribution in [3.8, 4) is 11.5 Å². The van der Waals surface area contributed by atoms with Crippen molar-refractivity contribution in [1.29, 1.82) is 0 Å². The number of ketones is 1. The van der Waals surface area contributed by atoms with E-state index in [-0.39, 0.29) is 12.1 Å². The van der Waals surface area contributed by atoms with Crippen LogP contribution < -0.4 is 4.74 Å². The second-order valence-corrected chi connectivity index (χ2v) is 5.40. The Hall–Kier alpha value is -2.17. The van der Waals surface area contributed by atoms with Crippen LogP contribution >= 0.6 is 0 Å². The fourth-order valence-corrected chi connectivity index (χ4v) is 2.49. The molecule has 1 fully saturated rings. The van der Waals surface area contributed by atoms with E-state index in [9.17, 15) is 4.79 Å².